The number of nitrogens with one attached hydrogen (secondary N) is 1. The van der Waals surface area contributed by atoms with Gasteiger partial charge in [-0.2, -0.15) is 0 Å². The van der Waals surface area contributed by atoms with Crippen molar-refractivity contribution in [1.82, 2.24) is 10.2 Å². The molecule has 1 aliphatic rings. The molecule has 0 saturated carbocycles. The predicted molar refractivity (Wildman–Crippen MR) is 88.2 cm³/mol. The van der Waals surface area contributed by atoms with E-state index in [0.717, 1.165) is 31.5 Å². The Morgan fingerprint density at radius 1 is 1.22 bits per heavy atom. The smallest absolute Gasteiger partial charge is 0.224 e. The standard InChI is InChI=1S/C17H26N2O4/c1-19-9-5-6-13(11-19)17(20)18-10-12-7-8-14(21-2)16(23-4)15(12)22-3/h7-8,13H,5-6,9-11H2,1-4H3,(H,18,20)/t13-/m0/s1. The number of carbonyl (C=O) groups excluding carboxylic acids is 1. The highest BCUT2D eigenvalue weighted by molar-refractivity contribution is 5.79. The van der Waals surface area contributed by atoms with E-state index in [1.165, 1.54) is 0 Å². The largest absolute Gasteiger partial charge is 0.493 e. The fourth-order valence-electron chi connectivity index (χ4n) is 3.01. The van der Waals surface area contributed by atoms with Crippen LogP contribution in [0, 0.1) is 5.92 Å². The molecule has 1 aliphatic heterocycles. The van der Waals surface area contributed by atoms with E-state index in [1.807, 2.05) is 12.1 Å². The van der Waals surface area contributed by atoms with E-state index in [1.54, 1.807) is 21.3 Å². The Morgan fingerprint density at radius 2 is 1.96 bits per heavy atom. The van der Waals surface area contributed by atoms with Gasteiger partial charge in [0.25, 0.3) is 0 Å². The van der Waals surface area contributed by atoms with Gasteiger partial charge in [-0.05, 0) is 38.6 Å². The molecule has 1 N–H and O–H groups in total. The molecule has 1 heterocycles. The number of hydrogen-bond donors (Lipinski definition) is 1. The van der Waals surface area contributed by atoms with Crippen molar-refractivity contribution in [2.75, 3.05) is 41.5 Å². The summed E-state index contributed by atoms with van der Waals surface area (Å²) in [6, 6.07) is 3.70. The molecule has 1 aromatic carbocycles. The van der Waals surface area contributed by atoms with Crippen LogP contribution >= 0.6 is 0 Å². The maximum absolute atomic E-state index is 12.4. The van der Waals surface area contributed by atoms with Crippen LogP contribution in [0.3, 0.4) is 0 Å². The van der Waals surface area contributed by atoms with E-state index in [4.69, 9.17) is 14.2 Å². The minimum absolute atomic E-state index is 0.0555. The molecule has 0 aromatic heterocycles. The normalized spacial score (nSPS) is 18.3. The van der Waals surface area contributed by atoms with Crippen LogP contribution in [0.25, 0.3) is 0 Å². The Labute approximate surface area is 137 Å². The van der Waals surface area contributed by atoms with Crippen LogP contribution in [0.2, 0.25) is 0 Å². The first kappa shape index (κ1) is 17.4. The molecule has 0 radical (unpaired) electrons. The van der Waals surface area contributed by atoms with E-state index >= 15 is 0 Å². The summed E-state index contributed by atoms with van der Waals surface area (Å²) in [6.07, 6.45) is 2.01. The van der Waals surface area contributed by atoms with Gasteiger partial charge in [0.2, 0.25) is 11.7 Å². The van der Waals surface area contributed by atoms with Gasteiger partial charge >= 0.3 is 0 Å². The summed E-state index contributed by atoms with van der Waals surface area (Å²) >= 11 is 0. The number of carbonyl (C=O) groups is 1. The molecule has 0 aliphatic carbocycles. The van der Waals surface area contributed by atoms with Crippen LogP contribution in [0.5, 0.6) is 17.2 Å². The van der Waals surface area contributed by atoms with E-state index in [2.05, 4.69) is 17.3 Å². The molecule has 0 bridgehead atoms. The molecule has 128 valence electrons. The van der Waals surface area contributed by atoms with Gasteiger partial charge in [-0.25, -0.2) is 0 Å². The molecule has 6 nitrogen and oxygen atoms in total. The van der Waals surface area contributed by atoms with Crippen LogP contribution in [-0.2, 0) is 11.3 Å². The molecule has 0 unspecified atom stereocenters. The molecule has 1 fully saturated rings. The first-order valence-electron chi connectivity index (χ1n) is 7.84. The summed E-state index contributed by atoms with van der Waals surface area (Å²) < 4.78 is 16.1. The van der Waals surface area contributed by atoms with E-state index < -0.39 is 0 Å². The Morgan fingerprint density at radius 3 is 2.57 bits per heavy atom. The zero-order valence-electron chi connectivity index (χ0n) is 14.3. The highest BCUT2D eigenvalue weighted by Crippen LogP contribution is 2.39. The number of piperidine rings is 1. The number of likely N-dealkylation sites (tertiary alicyclic amines) is 1. The van der Waals surface area contributed by atoms with Crippen molar-refractivity contribution in [2.24, 2.45) is 5.92 Å². The van der Waals surface area contributed by atoms with Crippen LogP contribution in [-0.4, -0.2) is 52.3 Å². The number of ether oxygens (including phenoxy) is 3. The van der Waals surface area contributed by atoms with Gasteiger partial charge in [-0.15, -0.1) is 0 Å². The van der Waals surface area contributed by atoms with E-state index in [9.17, 15) is 4.79 Å². The second kappa shape index (κ2) is 8.06. The van der Waals surface area contributed by atoms with Crippen molar-refractivity contribution in [3.05, 3.63) is 17.7 Å². The molecular weight excluding hydrogens is 296 g/mol. The molecule has 1 atom stereocenters. The van der Waals surface area contributed by atoms with Gasteiger partial charge in [-0.1, -0.05) is 0 Å². The Bertz CT molecular complexity index is 548. The molecular formula is C17H26N2O4. The molecule has 1 amide bonds. The SMILES string of the molecule is COc1ccc(CNC(=O)[C@H]2CCCN(C)C2)c(OC)c1OC. The second-order valence-electron chi connectivity index (χ2n) is 5.81. The maximum Gasteiger partial charge on any atom is 0.224 e. The first-order valence-corrected chi connectivity index (χ1v) is 7.84. The number of amides is 1. The van der Waals surface area contributed by atoms with Gasteiger partial charge in [0.15, 0.2) is 11.5 Å². The Kier molecular flexibility index (Phi) is 6.10. The zero-order chi connectivity index (χ0) is 16.8. The molecule has 0 spiro atoms. The Balaban J connectivity index is 2.06. The van der Waals surface area contributed by atoms with Gasteiger partial charge in [0.1, 0.15) is 0 Å². The average molecular weight is 322 g/mol. The number of hydrogen-bond acceptors (Lipinski definition) is 5. The number of benzene rings is 1. The van der Waals surface area contributed by atoms with Crippen molar-refractivity contribution in [3.8, 4) is 17.2 Å². The molecule has 1 aromatic rings. The molecule has 2 rings (SSSR count). The van der Waals surface area contributed by atoms with Gasteiger partial charge in [-0.3, -0.25) is 4.79 Å². The van der Waals surface area contributed by atoms with E-state index in [-0.39, 0.29) is 11.8 Å². The van der Waals surface area contributed by atoms with Gasteiger partial charge in [0, 0.05) is 18.7 Å². The number of methoxy groups -OCH3 is 3. The predicted octanol–water partition coefficient (Wildman–Crippen LogP) is 1.67. The lowest BCUT2D eigenvalue weighted by Gasteiger charge is -2.28. The first-order chi connectivity index (χ1) is 11.1. The van der Waals surface area contributed by atoms with Crippen molar-refractivity contribution in [2.45, 2.75) is 19.4 Å². The van der Waals surface area contributed by atoms with Gasteiger partial charge in [0.05, 0.1) is 27.2 Å². The molecule has 1 saturated heterocycles. The van der Waals surface area contributed by atoms with Gasteiger partial charge < -0.3 is 24.4 Å². The summed E-state index contributed by atoms with van der Waals surface area (Å²) in [4.78, 5) is 14.6. The van der Waals surface area contributed by atoms with E-state index in [0.29, 0.717) is 23.8 Å². The molecule has 6 heteroatoms. The molecule has 23 heavy (non-hydrogen) atoms. The third-order valence-corrected chi connectivity index (χ3v) is 4.23. The quantitative estimate of drug-likeness (QED) is 0.863. The lowest BCUT2D eigenvalue weighted by Crippen LogP contribution is -2.41. The topological polar surface area (TPSA) is 60.0 Å². The average Bonchev–Trinajstić information content (AvgIpc) is 2.58. The number of rotatable bonds is 6. The summed E-state index contributed by atoms with van der Waals surface area (Å²) in [5.41, 5.74) is 0.864. The second-order valence-corrected chi connectivity index (χ2v) is 5.81. The van der Waals surface area contributed by atoms with Crippen LogP contribution in [0.15, 0.2) is 12.1 Å². The minimum Gasteiger partial charge on any atom is -0.493 e. The fraction of sp³-hybridized carbons (Fsp3) is 0.588. The maximum atomic E-state index is 12.4. The highest BCUT2D eigenvalue weighted by Gasteiger charge is 2.24. The third-order valence-electron chi connectivity index (χ3n) is 4.23. The van der Waals surface area contributed by atoms with Crippen LogP contribution in [0.1, 0.15) is 18.4 Å². The zero-order valence-corrected chi connectivity index (χ0v) is 14.3. The summed E-state index contributed by atoms with van der Waals surface area (Å²) in [6.45, 7) is 2.28. The monoisotopic (exact) mass is 322 g/mol. The highest BCUT2D eigenvalue weighted by atomic mass is 16.5. The van der Waals surface area contributed by atoms with Crippen LogP contribution in [0.4, 0.5) is 0 Å². The van der Waals surface area contributed by atoms with Crippen molar-refractivity contribution >= 4 is 5.91 Å². The Hall–Kier alpha value is -1.95. The summed E-state index contributed by atoms with van der Waals surface area (Å²) in [5.74, 6) is 1.88. The fourth-order valence-corrected chi connectivity index (χ4v) is 3.01. The summed E-state index contributed by atoms with van der Waals surface area (Å²) in [7, 11) is 6.79. The number of nitrogens with zero attached hydrogens (tertiary/aromatic N) is 1. The lowest BCUT2D eigenvalue weighted by molar-refractivity contribution is -0.126. The lowest BCUT2D eigenvalue weighted by atomic mass is 9.97. The van der Waals surface area contributed by atoms with Crippen molar-refractivity contribution < 1.29 is 19.0 Å². The van der Waals surface area contributed by atoms with Crippen molar-refractivity contribution in [1.29, 1.82) is 0 Å². The summed E-state index contributed by atoms with van der Waals surface area (Å²) in [5, 5.41) is 3.01. The third kappa shape index (κ3) is 4.07. The van der Waals surface area contributed by atoms with Crippen molar-refractivity contribution in [3.63, 3.8) is 0 Å². The van der Waals surface area contributed by atoms with Crippen LogP contribution < -0.4 is 19.5 Å². The minimum atomic E-state index is 0.0555.